The Morgan fingerprint density at radius 1 is 0.926 bits per heavy atom. The Morgan fingerprint density at radius 3 is 2.02 bits per heavy atom. The molecule has 2 amide bonds. The molecule has 0 aliphatic heterocycles. The Balaban J connectivity index is 4.87. The Hall–Kier alpha value is -2.36. The van der Waals surface area contributed by atoms with Crippen LogP contribution in [-0.2, 0) is 19.1 Å². The smallest absolute Gasteiger partial charge is 0.226 e. The summed E-state index contributed by atoms with van der Waals surface area (Å²) < 4.78 is 184. The molecule has 0 bridgehead atoms. The van der Waals surface area contributed by atoms with Gasteiger partial charge in [-0.15, -0.1) is 0 Å². The largest absolute Gasteiger partial charge is 0.490 e. The van der Waals surface area contributed by atoms with Crippen LogP contribution in [0.25, 0.3) is 0 Å². The first-order chi connectivity index (χ1) is 31.1. The number of hydrogen-bond acceptors (Lipinski definition) is 7. The molecule has 1 aromatic carbocycles. The topological polar surface area (TPSA) is 135 Å². The average molecular weight is 779 g/mol. The first-order valence-corrected chi connectivity index (χ1v) is 18.6. The predicted molar refractivity (Wildman–Crippen MR) is 224 cm³/mol. The number of carbonyl (C=O) groups excluding carboxylic acids is 2. The number of primary amides is 1. The van der Waals surface area contributed by atoms with E-state index < -0.39 is 108 Å². The lowest BCUT2D eigenvalue weighted by atomic mass is 9.61. The number of nitrogens with one attached hydrogen (secondary N) is 1. The van der Waals surface area contributed by atoms with Gasteiger partial charge in [0.05, 0.1) is 44.2 Å². The molecule has 314 valence electrons. The Morgan fingerprint density at radius 2 is 1.56 bits per heavy atom. The highest BCUT2D eigenvalue weighted by atomic mass is 16.5. The number of carbonyl (C=O) groups is 2. The number of hydrogen-bond donors (Lipinski definition) is 3. The van der Waals surface area contributed by atoms with Gasteiger partial charge in [0.15, 0.2) is 11.5 Å². The van der Waals surface area contributed by atoms with Crippen molar-refractivity contribution in [1.29, 1.82) is 0 Å². The van der Waals surface area contributed by atoms with Gasteiger partial charge in [0.2, 0.25) is 11.8 Å². The first-order valence-electron chi connectivity index (χ1n) is 27.1. The quantitative estimate of drug-likeness (QED) is 0.0954. The van der Waals surface area contributed by atoms with Gasteiger partial charge >= 0.3 is 0 Å². The van der Waals surface area contributed by atoms with Crippen LogP contribution < -0.4 is 26.3 Å². The van der Waals surface area contributed by atoms with Gasteiger partial charge in [0.25, 0.3) is 0 Å². The molecule has 9 heteroatoms. The lowest BCUT2D eigenvalue weighted by molar-refractivity contribution is -0.141. The van der Waals surface area contributed by atoms with E-state index >= 15 is 4.79 Å². The molecule has 0 fully saturated rings. The van der Waals surface area contributed by atoms with Crippen LogP contribution in [0.4, 0.5) is 0 Å². The fourth-order valence-corrected chi connectivity index (χ4v) is 5.63. The maximum Gasteiger partial charge on any atom is 0.226 e. The highest BCUT2D eigenvalue weighted by Gasteiger charge is 2.50. The van der Waals surface area contributed by atoms with Gasteiger partial charge < -0.3 is 35.7 Å². The third-order valence-electron chi connectivity index (χ3n) is 10.2. The van der Waals surface area contributed by atoms with Gasteiger partial charge in [-0.2, -0.15) is 0 Å². The normalized spacial score (nSPS) is 29.0. The fourth-order valence-electron chi connectivity index (χ4n) is 5.63. The second kappa shape index (κ2) is 20.7. The zero-order valence-corrected chi connectivity index (χ0v) is 35.8. The molecule has 6 unspecified atom stereocenters. The van der Waals surface area contributed by atoms with E-state index in [0.29, 0.717) is 27.9 Å². The summed E-state index contributed by atoms with van der Waals surface area (Å²) in [5.74, 6) is -23.5. The van der Waals surface area contributed by atoms with Gasteiger partial charge in [-0.3, -0.25) is 9.59 Å². The van der Waals surface area contributed by atoms with Crippen molar-refractivity contribution < 1.29 is 51.8 Å². The van der Waals surface area contributed by atoms with Gasteiger partial charge in [0, 0.05) is 47.0 Å². The monoisotopic (exact) mass is 779 g/mol. The van der Waals surface area contributed by atoms with Gasteiger partial charge in [-0.05, 0) is 99.5 Å². The van der Waals surface area contributed by atoms with E-state index in [1.54, 1.807) is 27.7 Å². The molecule has 5 N–H and O–H groups in total. The summed E-state index contributed by atoms with van der Waals surface area (Å²) in [5.41, 5.74) is 2.86. The van der Waals surface area contributed by atoms with E-state index in [9.17, 15) is 15.8 Å². The molecule has 0 aromatic heterocycles. The molecule has 10 atom stereocenters. The molecule has 0 saturated heterocycles. The number of amides is 2. The number of rotatable bonds is 24. The van der Waals surface area contributed by atoms with Crippen molar-refractivity contribution in [3.8, 4) is 11.5 Å². The van der Waals surface area contributed by atoms with Crippen LogP contribution in [0, 0.1) is 51.6 Å². The molecule has 0 aliphatic rings. The first kappa shape index (κ1) is 28.1. The minimum Gasteiger partial charge on any atom is -0.490 e. The second-order valence-electron chi connectivity index (χ2n) is 16.1. The van der Waals surface area contributed by atoms with Crippen LogP contribution in [0.1, 0.15) is 165 Å². The highest BCUT2D eigenvalue weighted by molar-refractivity contribution is 5.85. The molecule has 1 aromatic rings. The van der Waals surface area contributed by atoms with Crippen LogP contribution in [0.3, 0.4) is 0 Å². The van der Waals surface area contributed by atoms with E-state index in [-0.39, 0.29) is 48.9 Å². The minimum absolute atomic E-state index is 0.000637. The number of ether oxygens (including phenoxy) is 4. The van der Waals surface area contributed by atoms with Crippen LogP contribution in [0.15, 0.2) is 18.2 Å². The van der Waals surface area contributed by atoms with Crippen LogP contribution >= 0.6 is 0 Å². The molecule has 0 aliphatic carbocycles. The number of methoxy groups -OCH3 is 1. The Kier molecular flexibility index (Phi) is 10.8. The summed E-state index contributed by atoms with van der Waals surface area (Å²) in [7, 11) is 0.673. The molecule has 1 rings (SSSR count). The second-order valence-corrected chi connectivity index (χ2v) is 16.1. The van der Waals surface area contributed by atoms with Crippen molar-refractivity contribution in [2.45, 2.75) is 154 Å². The average Bonchev–Trinajstić information content (AvgIpc) is 3.19. The third kappa shape index (κ3) is 12.3. The van der Waals surface area contributed by atoms with E-state index in [2.05, 4.69) is 5.32 Å². The van der Waals surface area contributed by atoms with Crippen molar-refractivity contribution in [2.24, 2.45) is 63.1 Å². The standard InChI is InChI=1S/C45H83N3O6/c1-19-31(8)39(32(9)35-21-22-36(52-20-2)37(23-35)54-26-30(7)25-53-29(5)6)34(11)45(17,47)38(51-18)24-43(15,33(10)28(3)4)41(50)48-27-44(16,40(46)49)42(12,13)14/h21-23,28-34,38-39H,19-20,24-27,47H2,1-18H3,(H2,46,49)(H,48,50)/t30?,31?,32?,33?,34?,38-,39-,43-,44?,45-/m0/s1/i8D3,10D3,19D2,24D2,28D,31D,32D,33D,34D,38D,39D. The van der Waals surface area contributed by atoms with E-state index in [0.717, 1.165) is 27.7 Å². The molecule has 0 radical (unpaired) electrons. The third-order valence-corrected chi connectivity index (χ3v) is 10.2. The zero-order valence-electron chi connectivity index (χ0n) is 52.8. The molecule has 0 saturated carbocycles. The van der Waals surface area contributed by atoms with Crippen molar-refractivity contribution in [3.05, 3.63) is 23.8 Å². The molecule has 54 heavy (non-hydrogen) atoms. The van der Waals surface area contributed by atoms with Crippen molar-refractivity contribution >= 4 is 11.8 Å². The zero-order chi connectivity index (χ0) is 57.0. The van der Waals surface area contributed by atoms with Crippen molar-refractivity contribution in [2.75, 3.05) is 33.5 Å². The van der Waals surface area contributed by atoms with Crippen LogP contribution in [-0.4, -0.2) is 63.0 Å². The molecule has 0 spiro atoms. The summed E-state index contributed by atoms with van der Waals surface area (Å²) in [5, 5.41) is 2.37. The predicted octanol–water partition coefficient (Wildman–Crippen LogP) is 9.00. The summed E-state index contributed by atoms with van der Waals surface area (Å²) in [6.07, 6.45) is -11.5. The summed E-state index contributed by atoms with van der Waals surface area (Å²) in [6, 6.07) is 3.72. The van der Waals surface area contributed by atoms with Crippen LogP contribution in [0.2, 0.25) is 0 Å². The summed E-state index contributed by atoms with van der Waals surface area (Å²) in [4.78, 5) is 28.2. The fraction of sp³-hybridized carbons (Fsp3) is 0.822. The number of nitrogens with two attached hydrogens (primary N) is 2. The van der Waals surface area contributed by atoms with E-state index in [1.807, 2.05) is 20.8 Å². The molecule has 9 nitrogen and oxygen atoms in total. The van der Waals surface area contributed by atoms with E-state index in [1.165, 1.54) is 25.1 Å². The Bertz CT molecular complexity index is 2000. The maximum atomic E-state index is 15.2. The summed E-state index contributed by atoms with van der Waals surface area (Å²) >= 11 is 0. The maximum absolute atomic E-state index is 15.2. The SMILES string of the molecule is [2H]C([2H])([2H])C([2H])(C([2H])(C)C)[C@@](C)(C(=O)NCC(C)(C(N)=O)C(C)(C)C)C([2H])([2H])[C@]([2H])(OC)[C@@](C)(N)C([2H])(C)[C@]([2H])(C([2H])(C)c1ccc(OCC)c(OCC(C)COC(C)C)c1)C([2H])(C([2H])([2H])[2H])C([2H])([2H])C. The van der Waals surface area contributed by atoms with E-state index in [4.69, 9.17) is 42.8 Å². The van der Waals surface area contributed by atoms with Crippen LogP contribution in [0.5, 0.6) is 11.5 Å². The molecular weight excluding hydrogens is 679 g/mol. The number of benzene rings is 1. The van der Waals surface area contributed by atoms with Gasteiger partial charge in [0.1, 0.15) is 0 Å². The molecule has 0 heterocycles. The minimum atomic E-state index is -4.10. The van der Waals surface area contributed by atoms with Crippen molar-refractivity contribution in [1.82, 2.24) is 5.32 Å². The van der Waals surface area contributed by atoms with Gasteiger partial charge in [-0.25, -0.2) is 0 Å². The molecular formula is C45H83N3O6. The lowest BCUT2D eigenvalue weighted by Crippen LogP contribution is -2.60. The Labute approximate surface area is 355 Å². The van der Waals surface area contributed by atoms with Gasteiger partial charge in [-0.1, -0.05) is 95.4 Å². The lowest BCUT2D eigenvalue weighted by Gasteiger charge is -2.49. The highest BCUT2D eigenvalue weighted by Crippen LogP contribution is 2.47. The van der Waals surface area contributed by atoms with Crippen molar-refractivity contribution in [3.63, 3.8) is 0 Å². The summed E-state index contributed by atoms with van der Waals surface area (Å²) in [6.45, 7) is 10.7.